The fourth-order valence-corrected chi connectivity index (χ4v) is 0.527. The van der Waals surface area contributed by atoms with E-state index in [4.69, 9.17) is 16.7 Å². The van der Waals surface area contributed by atoms with Gasteiger partial charge in [0.2, 0.25) is 5.76 Å². The van der Waals surface area contributed by atoms with Gasteiger partial charge in [0.15, 0.2) is 5.03 Å². The second-order valence-corrected chi connectivity index (χ2v) is 2.02. The molecule has 0 heterocycles. The summed E-state index contributed by atoms with van der Waals surface area (Å²) < 4.78 is 8.22. The fraction of sp³-hybridized carbons (Fsp3) is 0.333. The smallest absolute Gasteiger partial charge is 0.375 e. The molecule has 12 heavy (non-hydrogen) atoms. The molecule has 0 spiro atoms. The molecule has 0 saturated carbocycles. The maximum atomic E-state index is 10.6. The molecule has 1 N–H and O–H groups in total. The van der Waals surface area contributed by atoms with E-state index in [-0.39, 0.29) is 0 Å². The third-order valence-electron chi connectivity index (χ3n) is 0.951. The number of halogens is 1. The highest BCUT2D eigenvalue weighted by Crippen LogP contribution is 2.09. The number of ether oxygens (including phenoxy) is 2. The van der Waals surface area contributed by atoms with Crippen molar-refractivity contribution in [1.82, 2.24) is 0 Å². The molecule has 0 fully saturated rings. The van der Waals surface area contributed by atoms with Crippen LogP contribution >= 0.6 is 11.6 Å². The summed E-state index contributed by atoms with van der Waals surface area (Å²) in [6.07, 6.45) is 0. The molecule has 0 aromatic rings. The summed E-state index contributed by atoms with van der Waals surface area (Å²) in [6.45, 7) is 0. The zero-order valence-electron chi connectivity index (χ0n) is 6.46. The molecule has 0 saturated heterocycles. The quantitative estimate of drug-likeness (QED) is 0.390. The van der Waals surface area contributed by atoms with Crippen molar-refractivity contribution < 1.29 is 24.2 Å². The molecular weight excluding hydrogens is 188 g/mol. The normalized spacial score (nSPS) is 11.6. The Morgan fingerprint density at radius 1 is 1.17 bits per heavy atom. The van der Waals surface area contributed by atoms with Crippen molar-refractivity contribution in [2.24, 2.45) is 0 Å². The topological polar surface area (TPSA) is 72.8 Å². The van der Waals surface area contributed by atoms with E-state index in [2.05, 4.69) is 9.47 Å². The van der Waals surface area contributed by atoms with Crippen molar-refractivity contribution in [2.45, 2.75) is 0 Å². The van der Waals surface area contributed by atoms with Crippen molar-refractivity contribution in [2.75, 3.05) is 14.2 Å². The maximum Gasteiger partial charge on any atom is 0.375 e. The Bertz CT molecular complexity index is 208. The van der Waals surface area contributed by atoms with Crippen molar-refractivity contribution in [3.63, 3.8) is 0 Å². The summed E-state index contributed by atoms with van der Waals surface area (Å²) in [6, 6.07) is 0. The number of carbonyl (C=O) groups excluding carboxylic acids is 2. The van der Waals surface area contributed by atoms with Gasteiger partial charge in [0.25, 0.3) is 0 Å². The monoisotopic (exact) mass is 194 g/mol. The molecule has 0 aliphatic heterocycles. The van der Waals surface area contributed by atoms with Gasteiger partial charge in [0, 0.05) is 0 Å². The minimum Gasteiger partial charge on any atom is -0.501 e. The largest absolute Gasteiger partial charge is 0.501 e. The van der Waals surface area contributed by atoms with Gasteiger partial charge in [-0.3, -0.25) is 0 Å². The van der Waals surface area contributed by atoms with Crippen molar-refractivity contribution in [3.8, 4) is 0 Å². The minimum atomic E-state index is -1.09. The number of aliphatic hydroxyl groups excluding tert-OH is 1. The van der Waals surface area contributed by atoms with Crippen LogP contribution in [-0.2, 0) is 19.1 Å². The Kier molecular flexibility index (Phi) is 4.14. The average Bonchev–Trinajstić information content (AvgIpc) is 2.12. The van der Waals surface area contributed by atoms with Gasteiger partial charge >= 0.3 is 11.9 Å². The van der Waals surface area contributed by atoms with Gasteiger partial charge in [0.05, 0.1) is 14.2 Å². The molecule has 6 heteroatoms. The van der Waals surface area contributed by atoms with Gasteiger partial charge in [-0.1, -0.05) is 11.6 Å². The van der Waals surface area contributed by atoms with Crippen LogP contribution in [0.3, 0.4) is 0 Å². The highest BCUT2D eigenvalue weighted by molar-refractivity contribution is 6.42. The highest BCUT2D eigenvalue weighted by Gasteiger charge is 2.19. The standard InChI is InChI=1S/C6H7ClO5/c1-11-5(9)3(7)4(8)6(10)12-2/h8H,1-2H3/b4-3+. The van der Waals surface area contributed by atoms with E-state index in [0.717, 1.165) is 14.2 Å². The summed E-state index contributed by atoms with van der Waals surface area (Å²) in [5.74, 6) is -3.06. The summed E-state index contributed by atoms with van der Waals surface area (Å²) in [5.41, 5.74) is 0. The van der Waals surface area contributed by atoms with E-state index in [1.165, 1.54) is 0 Å². The van der Waals surface area contributed by atoms with E-state index in [1.807, 2.05) is 0 Å². The molecule has 0 aromatic heterocycles. The summed E-state index contributed by atoms with van der Waals surface area (Å²) >= 11 is 5.21. The number of hydrogen-bond acceptors (Lipinski definition) is 5. The maximum absolute atomic E-state index is 10.6. The van der Waals surface area contributed by atoms with Crippen LogP contribution in [0.25, 0.3) is 0 Å². The number of aliphatic hydroxyl groups is 1. The molecular formula is C6H7ClO5. The van der Waals surface area contributed by atoms with Crippen LogP contribution in [0.5, 0.6) is 0 Å². The Labute approximate surface area is 73.5 Å². The molecule has 0 aliphatic carbocycles. The predicted molar refractivity (Wildman–Crippen MR) is 39.5 cm³/mol. The van der Waals surface area contributed by atoms with E-state index in [0.29, 0.717) is 0 Å². The molecule has 0 atom stereocenters. The molecule has 0 radical (unpaired) electrons. The molecule has 68 valence electrons. The van der Waals surface area contributed by atoms with Crippen LogP contribution in [0.15, 0.2) is 10.8 Å². The molecule has 0 unspecified atom stereocenters. The van der Waals surface area contributed by atoms with Gasteiger partial charge in [0.1, 0.15) is 0 Å². The Morgan fingerprint density at radius 3 is 1.92 bits per heavy atom. The van der Waals surface area contributed by atoms with Crippen LogP contribution < -0.4 is 0 Å². The molecule has 0 rings (SSSR count). The van der Waals surface area contributed by atoms with Crippen LogP contribution in [0.2, 0.25) is 0 Å². The first kappa shape index (κ1) is 10.8. The third kappa shape index (κ3) is 2.43. The first-order chi connectivity index (χ1) is 5.54. The van der Waals surface area contributed by atoms with E-state index < -0.39 is 22.7 Å². The van der Waals surface area contributed by atoms with E-state index in [1.54, 1.807) is 0 Å². The lowest BCUT2D eigenvalue weighted by molar-refractivity contribution is -0.141. The first-order valence-corrected chi connectivity index (χ1v) is 3.17. The SMILES string of the molecule is COC(=O)/C(O)=C(\Cl)C(=O)OC. The summed E-state index contributed by atoms with van der Waals surface area (Å²) in [7, 11) is 2.11. The number of rotatable bonds is 2. The summed E-state index contributed by atoms with van der Waals surface area (Å²) in [4.78, 5) is 21.1. The lowest BCUT2D eigenvalue weighted by Gasteiger charge is -1.99. The van der Waals surface area contributed by atoms with Gasteiger partial charge in [-0.05, 0) is 0 Å². The van der Waals surface area contributed by atoms with Gasteiger partial charge in [-0.25, -0.2) is 9.59 Å². The third-order valence-corrected chi connectivity index (χ3v) is 1.28. The number of carbonyl (C=O) groups is 2. The zero-order chi connectivity index (χ0) is 9.72. The van der Waals surface area contributed by atoms with Crippen LogP contribution in [0.1, 0.15) is 0 Å². The highest BCUT2D eigenvalue weighted by atomic mass is 35.5. The molecule has 0 bridgehead atoms. The molecule has 0 amide bonds. The van der Waals surface area contributed by atoms with E-state index >= 15 is 0 Å². The fourth-order valence-electron chi connectivity index (χ4n) is 0.373. The van der Waals surface area contributed by atoms with E-state index in [9.17, 15) is 9.59 Å². The van der Waals surface area contributed by atoms with Crippen LogP contribution in [-0.4, -0.2) is 31.3 Å². The van der Waals surface area contributed by atoms with Crippen molar-refractivity contribution in [3.05, 3.63) is 10.8 Å². The number of methoxy groups -OCH3 is 2. The Morgan fingerprint density at radius 2 is 1.58 bits per heavy atom. The lowest BCUT2D eigenvalue weighted by Crippen LogP contribution is -2.11. The summed E-state index contributed by atoms with van der Waals surface area (Å²) in [5, 5.41) is 8.16. The van der Waals surface area contributed by atoms with Gasteiger partial charge in [-0.15, -0.1) is 0 Å². The number of hydrogen-bond donors (Lipinski definition) is 1. The zero-order valence-corrected chi connectivity index (χ0v) is 7.21. The van der Waals surface area contributed by atoms with Crippen LogP contribution in [0, 0.1) is 0 Å². The Balaban J connectivity index is 4.68. The van der Waals surface area contributed by atoms with Crippen molar-refractivity contribution in [1.29, 1.82) is 0 Å². The lowest BCUT2D eigenvalue weighted by atomic mass is 10.4. The molecule has 0 aliphatic rings. The van der Waals surface area contributed by atoms with Gasteiger partial charge < -0.3 is 14.6 Å². The van der Waals surface area contributed by atoms with Crippen LogP contribution in [0.4, 0.5) is 0 Å². The van der Waals surface area contributed by atoms with Crippen molar-refractivity contribution >= 4 is 23.5 Å². The minimum absolute atomic E-state index is 0.704. The second-order valence-electron chi connectivity index (χ2n) is 1.65. The second kappa shape index (κ2) is 4.61. The first-order valence-electron chi connectivity index (χ1n) is 2.80. The predicted octanol–water partition coefficient (Wildman–Crippen LogP) is 0.341. The van der Waals surface area contributed by atoms with Gasteiger partial charge in [-0.2, -0.15) is 0 Å². The average molecular weight is 195 g/mol. The number of esters is 2. The molecule has 0 aromatic carbocycles. The molecule has 5 nitrogen and oxygen atoms in total. The Hall–Kier alpha value is -1.23.